The Morgan fingerprint density at radius 3 is 1.17 bits per heavy atom. The second-order valence-corrected chi connectivity index (χ2v) is 16.3. The van der Waals surface area contributed by atoms with Gasteiger partial charge in [0.1, 0.15) is 0 Å². The lowest BCUT2D eigenvalue weighted by atomic mass is 9.85. The average Bonchev–Trinajstić information content (AvgIpc) is 3.80. The zero-order valence-electron chi connectivity index (χ0n) is 52.6. The van der Waals surface area contributed by atoms with Gasteiger partial charge in [-0.2, -0.15) is 15.0 Å². The van der Waals surface area contributed by atoms with Crippen LogP contribution in [0.3, 0.4) is 0 Å². The molecule has 0 saturated heterocycles. The molecule has 4 heterocycles. The molecule has 7 aromatic carbocycles. The van der Waals surface area contributed by atoms with E-state index in [9.17, 15) is 11.0 Å². The average molecular weight is 785 g/mol. The van der Waals surface area contributed by atoms with Crippen LogP contribution in [0.5, 0.6) is 0 Å². The summed E-state index contributed by atoms with van der Waals surface area (Å²) in [5.41, 5.74) is -0.323. The van der Waals surface area contributed by atoms with Crippen LogP contribution < -0.4 is 0 Å². The first kappa shape index (κ1) is 20.1. The zero-order chi connectivity index (χ0) is 57.6. The Bertz CT molecular complexity index is 4230. The van der Waals surface area contributed by atoms with Crippen LogP contribution in [0, 0.1) is 0 Å². The highest BCUT2D eigenvalue weighted by molar-refractivity contribution is 6.11. The molecule has 11 aromatic rings. The van der Waals surface area contributed by atoms with Crippen LogP contribution in [0.4, 0.5) is 0 Å². The molecule has 286 valence electrons. The van der Waals surface area contributed by atoms with Crippen molar-refractivity contribution >= 4 is 65.4 Å². The molecule has 0 fully saturated rings. The molecule has 4 aromatic heterocycles. The smallest absolute Gasteiger partial charge is 0.240 e. The Labute approximate surface area is 371 Å². The fraction of sp³-hybridized carbons (Fsp3) is 0.151. The summed E-state index contributed by atoms with van der Waals surface area (Å²) in [5.74, 6) is -2.04. The van der Waals surface area contributed by atoms with Crippen molar-refractivity contribution in [2.45, 2.75) is 52.4 Å². The third kappa shape index (κ3) is 5.43. The van der Waals surface area contributed by atoms with Gasteiger partial charge < -0.3 is 4.57 Å². The minimum absolute atomic E-state index is 0.210. The first-order valence-electron chi connectivity index (χ1n) is 28.8. The Balaban J connectivity index is 1.42. The van der Waals surface area contributed by atoms with Crippen LogP contribution in [0.15, 0.2) is 157 Å². The van der Waals surface area contributed by atoms with E-state index < -0.39 is 166 Å². The molecular formula is C53H44N6. The minimum Gasteiger partial charge on any atom is -0.309 e. The van der Waals surface area contributed by atoms with E-state index >= 15 is 0 Å². The predicted molar refractivity (Wildman–Crippen MR) is 246 cm³/mol. The van der Waals surface area contributed by atoms with Gasteiger partial charge in [-0.3, -0.25) is 9.13 Å². The van der Waals surface area contributed by atoms with Crippen LogP contribution in [0.25, 0.3) is 94.4 Å². The van der Waals surface area contributed by atoms with Crippen molar-refractivity contribution in [3.63, 3.8) is 0 Å². The molecule has 6 nitrogen and oxygen atoms in total. The lowest BCUT2D eigenvalue weighted by Crippen LogP contribution is -2.11. The standard InChI is InChI=1S/C53H44N6/c1-52(2,3)33-27-29-47-40(31-33)41-32-34(53(4,5)6)28-30-48(41)57(47)46-26-16-11-21-39(46)49-54-50(58-42-22-12-7-17-35(42)36-18-8-13-23-43(36)58)56-51(55-49)59-44-24-14-9-19-37(44)38-20-10-15-25-45(38)59/h7-32H,1-6H3/i7D,8D,9D,10D,11D,12D,13D,14D,15D,16D,17D,18D,19D,20D,21D,22D,23D,24D,25D,26D. The van der Waals surface area contributed by atoms with Crippen LogP contribution in [-0.4, -0.2) is 28.7 Å². The predicted octanol–water partition coefficient (Wildman–Crippen LogP) is 13.4. The Morgan fingerprint density at radius 1 is 0.390 bits per heavy atom. The van der Waals surface area contributed by atoms with E-state index in [4.69, 9.17) is 31.4 Å². The SMILES string of the molecule is [2H]c1c([2H])c([2H])c(-n2c3ccc(C(C)(C)C)cc3c3cc(C(C)(C)C)ccc32)c(-c2nc(-n3c4c([2H])c([2H])c([2H])c([2H])c4c4c([2H])c([2H])c([2H])c([2H])c43)nc(-n3c4c([2H])c([2H])c([2H])c([2H])c4c4c([2H])c([2H])c([2H])c([2H])c43)n2)c1[2H]. The number of benzene rings is 7. The highest BCUT2D eigenvalue weighted by Crippen LogP contribution is 2.40. The van der Waals surface area contributed by atoms with Crippen molar-refractivity contribution in [2.24, 2.45) is 0 Å². The number of nitrogens with zero attached hydrogens (tertiary/aromatic N) is 6. The van der Waals surface area contributed by atoms with Crippen LogP contribution >= 0.6 is 0 Å². The topological polar surface area (TPSA) is 53.5 Å². The quantitative estimate of drug-likeness (QED) is 0.179. The van der Waals surface area contributed by atoms with E-state index in [2.05, 4.69) is 41.5 Å². The van der Waals surface area contributed by atoms with Crippen LogP contribution in [-0.2, 0) is 10.8 Å². The second-order valence-electron chi connectivity index (χ2n) is 16.3. The van der Waals surface area contributed by atoms with Gasteiger partial charge in [0.05, 0.1) is 66.2 Å². The summed E-state index contributed by atoms with van der Waals surface area (Å²) >= 11 is 0. The molecule has 0 atom stereocenters. The van der Waals surface area contributed by atoms with Crippen molar-refractivity contribution in [1.82, 2.24) is 28.7 Å². The largest absolute Gasteiger partial charge is 0.309 e. The first-order valence-corrected chi connectivity index (χ1v) is 18.8. The molecule has 0 N–H and O–H groups in total. The minimum atomic E-state index is -0.796. The number of hydrogen-bond donors (Lipinski definition) is 0. The van der Waals surface area contributed by atoms with Gasteiger partial charge in [-0.25, -0.2) is 0 Å². The number of aromatic nitrogens is 6. The molecule has 6 heteroatoms. The molecule has 0 aliphatic heterocycles. The number of para-hydroxylation sites is 5. The van der Waals surface area contributed by atoms with Crippen molar-refractivity contribution in [1.29, 1.82) is 0 Å². The van der Waals surface area contributed by atoms with Crippen molar-refractivity contribution in [3.05, 3.63) is 168 Å². The molecule has 0 radical (unpaired) electrons. The molecule has 11 rings (SSSR count). The monoisotopic (exact) mass is 784 g/mol. The van der Waals surface area contributed by atoms with Gasteiger partial charge in [-0.1, -0.05) is 138 Å². The molecule has 0 amide bonds. The first-order chi connectivity index (χ1) is 36.8. The molecule has 0 aliphatic rings. The van der Waals surface area contributed by atoms with Gasteiger partial charge in [0.2, 0.25) is 11.9 Å². The van der Waals surface area contributed by atoms with Gasteiger partial charge in [0, 0.05) is 37.9 Å². The summed E-state index contributed by atoms with van der Waals surface area (Å²) < 4.78 is 185. The fourth-order valence-corrected chi connectivity index (χ4v) is 7.74. The number of rotatable bonds is 4. The summed E-state index contributed by atoms with van der Waals surface area (Å²) in [4.78, 5) is 14.5. The second kappa shape index (κ2) is 12.7. The number of hydrogen-bond acceptors (Lipinski definition) is 3. The third-order valence-electron chi connectivity index (χ3n) is 10.7. The van der Waals surface area contributed by atoms with E-state index in [0.717, 1.165) is 20.3 Å². The van der Waals surface area contributed by atoms with Gasteiger partial charge in [-0.15, -0.1) is 0 Å². The Hall–Kier alpha value is -7.05. The molecule has 0 bridgehead atoms. The molecule has 0 aliphatic carbocycles. The van der Waals surface area contributed by atoms with Gasteiger partial charge in [0.25, 0.3) is 0 Å². The summed E-state index contributed by atoms with van der Waals surface area (Å²) in [6.07, 6.45) is 0. The van der Waals surface area contributed by atoms with E-state index in [1.165, 1.54) is 0 Å². The zero-order valence-corrected chi connectivity index (χ0v) is 32.6. The Kier molecular flexibility index (Phi) is 4.33. The van der Waals surface area contributed by atoms with Gasteiger partial charge in [0.15, 0.2) is 5.82 Å². The highest BCUT2D eigenvalue weighted by atomic mass is 15.3. The lowest BCUT2D eigenvalue weighted by molar-refractivity contribution is 0.590. The third-order valence-corrected chi connectivity index (χ3v) is 10.7. The summed E-state index contributed by atoms with van der Waals surface area (Å²) in [6.45, 7) is 12.3. The lowest BCUT2D eigenvalue weighted by Gasteiger charge is -2.19. The maximum absolute atomic E-state index is 9.81. The highest BCUT2D eigenvalue weighted by Gasteiger charge is 2.25. The maximum Gasteiger partial charge on any atom is 0.240 e. The molecule has 0 unspecified atom stereocenters. The molecular weight excluding hydrogens is 721 g/mol. The summed E-state index contributed by atoms with van der Waals surface area (Å²) in [6, 6.07) is -3.29. The van der Waals surface area contributed by atoms with E-state index in [1.807, 2.05) is 36.4 Å². The maximum atomic E-state index is 9.81. The van der Waals surface area contributed by atoms with Gasteiger partial charge in [-0.05, 0) is 82.5 Å². The summed E-state index contributed by atoms with van der Waals surface area (Å²) in [5, 5.41) is -0.0964. The molecule has 59 heavy (non-hydrogen) atoms. The molecule has 0 spiro atoms. The molecule has 0 saturated carbocycles. The van der Waals surface area contributed by atoms with Crippen LogP contribution in [0.1, 0.15) is 80.1 Å². The van der Waals surface area contributed by atoms with Crippen molar-refractivity contribution in [2.75, 3.05) is 0 Å². The summed E-state index contributed by atoms with van der Waals surface area (Å²) in [7, 11) is 0. The van der Waals surface area contributed by atoms with E-state index in [1.54, 1.807) is 4.57 Å². The Morgan fingerprint density at radius 2 is 0.763 bits per heavy atom. The number of fused-ring (bicyclic) bond motifs is 9. The van der Waals surface area contributed by atoms with E-state index in [-0.39, 0.29) is 38.1 Å². The van der Waals surface area contributed by atoms with Crippen molar-refractivity contribution in [3.8, 4) is 29.0 Å². The fourth-order valence-electron chi connectivity index (χ4n) is 7.74. The van der Waals surface area contributed by atoms with Crippen molar-refractivity contribution < 1.29 is 27.4 Å². The van der Waals surface area contributed by atoms with E-state index in [0.29, 0.717) is 21.8 Å². The van der Waals surface area contributed by atoms with Crippen LogP contribution in [0.2, 0.25) is 0 Å². The normalized spacial score (nSPS) is 17.3. The van der Waals surface area contributed by atoms with Gasteiger partial charge >= 0.3 is 0 Å².